The number of piperidine rings is 1. The fourth-order valence-corrected chi connectivity index (χ4v) is 2.82. The van der Waals surface area contributed by atoms with Gasteiger partial charge in [0, 0.05) is 25.1 Å². The summed E-state index contributed by atoms with van der Waals surface area (Å²) in [7, 11) is 0. The number of carbonyl (C=O) groups excluding carboxylic acids is 1. The number of aliphatic hydroxyl groups is 1. The van der Waals surface area contributed by atoms with E-state index in [4.69, 9.17) is 5.11 Å². The smallest absolute Gasteiger partial charge is 0.270 e. The number of benzene rings is 1. The van der Waals surface area contributed by atoms with E-state index in [1.165, 1.54) is 0 Å². The van der Waals surface area contributed by atoms with Crippen LogP contribution in [0.2, 0.25) is 0 Å². The molecule has 2 heterocycles. The van der Waals surface area contributed by atoms with Crippen molar-refractivity contribution in [2.45, 2.75) is 12.8 Å². The summed E-state index contributed by atoms with van der Waals surface area (Å²) in [6, 6.07) is 8.97. The number of hydrogen-bond donors (Lipinski definition) is 2. The molecule has 1 aromatic heterocycles. The molecule has 0 saturated carbocycles. The van der Waals surface area contributed by atoms with Crippen LogP contribution in [-0.2, 0) is 0 Å². The number of aliphatic hydroxyl groups excluding tert-OH is 1. The number of fused-ring (bicyclic) bond motifs is 1. The van der Waals surface area contributed by atoms with Gasteiger partial charge in [0.05, 0.1) is 0 Å². The molecular weight excluding hydrogens is 268 g/mol. The van der Waals surface area contributed by atoms with Gasteiger partial charge in [0.1, 0.15) is 5.69 Å². The molecule has 1 aliphatic heterocycles. The number of nitrogens with zero attached hydrogens (tertiary/aromatic N) is 1. The lowest BCUT2D eigenvalue weighted by Gasteiger charge is -2.31. The Balaban J connectivity index is 1.87. The zero-order valence-corrected chi connectivity index (χ0v) is 11.7. The average molecular weight is 286 g/mol. The predicted molar refractivity (Wildman–Crippen MR) is 80.3 cm³/mol. The van der Waals surface area contributed by atoms with Gasteiger partial charge >= 0.3 is 0 Å². The molecule has 21 heavy (non-hydrogen) atoms. The Hall–Kier alpha value is -2.14. The van der Waals surface area contributed by atoms with E-state index < -0.39 is 0 Å². The van der Waals surface area contributed by atoms with Crippen LogP contribution < -0.4 is 5.56 Å². The fourth-order valence-electron chi connectivity index (χ4n) is 2.82. The number of likely N-dealkylation sites (tertiary alicyclic amines) is 1. The van der Waals surface area contributed by atoms with Crippen molar-refractivity contribution < 1.29 is 9.90 Å². The van der Waals surface area contributed by atoms with Gasteiger partial charge in [-0.1, -0.05) is 18.2 Å². The van der Waals surface area contributed by atoms with E-state index in [9.17, 15) is 9.59 Å². The summed E-state index contributed by atoms with van der Waals surface area (Å²) < 4.78 is 0. The molecule has 2 aromatic rings. The lowest BCUT2D eigenvalue weighted by atomic mass is 9.97. The van der Waals surface area contributed by atoms with Crippen LogP contribution in [0.25, 0.3) is 10.8 Å². The fraction of sp³-hybridized carbons (Fsp3) is 0.375. The Kier molecular flexibility index (Phi) is 3.75. The third-order valence-electron chi connectivity index (χ3n) is 4.14. The van der Waals surface area contributed by atoms with Crippen molar-refractivity contribution in [1.29, 1.82) is 0 Å². The minimum absolute atomic E-state index is 0.144. The molecule has 110 valence electrons. The number of amides is 1. The van der Waals surface area contributed by atoms with Gasteiger partial charge in [-0.2, -0.15) is 0 Å². The second-order valence-corrected chi connectivity index (χ2v) is 5.52. The molecule has 5 heteroatoms. The van der Waals surface area contributed by atoms with E-state index in [-0.39, 0.29) is 24.0 Å². The summed E-state index contributed by atoms with van der Waals surface area (Å²) in [6.07, 6.45) is 1.61. The Labute approximate surface area is 122 Å². The largest absolute Gasteiger partial charge is 0.396 e. The van der Waals surface area contributed by atoms with Gasteiger partial charge in [-0.05, 0) is 36.3 Å². The third-order valence-corrected chi connectivity index (χ3v) is 4.14. The van der Waals surface area contributed by atoms with E-state index in [0.717, 1.165) is 18.2 Å². The van der Waals surface area contributed by atoms with Crippen LogP contribution >= 0.6 is 0 Å². The maximum absolute atomic E-state index is 12.5. The van der Waals surface area contributed by atoms with Gasteiger partial charge in [-0.25, -0.2) is 0 Å². The van der Waals surface area contributed by atoms with Gasteiger partial charge in [0.2, 0.25) is 0 Å². The minimum Gasteiger partial charge on any atom is -0.396 e. The SMILES string of the molecule is O=C(c1cc2ccccc2c(=O)[nH]1)N1CCC(CO)CC1. The third kappa shape index (κ3) is 2.69. The maximum atomic E-state index is 12.5. The summed E-state index contributed by atoms with van der Waals surface area (Å²) in [6.45, 7) is 1.42. The molecule has 1 saturated heterocycles. The van der Waals surface area contributed by atoms with E-state index in [0.29, 0.717) is 24.2 Å². The van der Waals surface area contributed by atoms with Crippen LogP contribution in [0.5, 0.6) is 0 Å². The van der Waals surface area contributed by atoms with Crippen molar-refractivity contribution in [3.05, 3.63) is 46.4 Å². The summed E-state index contributed by atoms with van der Waals surface area (Å²) in [5, 5.41) is 10.5. The molecule has 0 aliphatic carbocycles. The maximum Gasteiger partial charge on any atom is 0.270 e. The molecule has 3 rings (SSSR count). The predicted octanol–water partition coefficient (Wildman–Crippen LogP) is 1.37. The van der Waals surface area contributed by atoms with Gasteiger partial charge in [0.25, 0.3) is 11.5 Å². The molecule has 0 unspecified atom stereocenters. The number of aromatic amines is 1. The topological polar surface area (TPSA) is 73.4 Å². The molecule has 0 spiro atoms. The minimum atomic E-state index is -0.235. The van der Waals surface area contributed by atoms with Crippen LogP contribution in [0, 0.1) is 5.92 Å². The summed E-state index contributed by atoms with van der Waals surface area (Å²) >= 11 is 0. The highest BCUT2D eigenvalue weighted by Crippen LogP contribution is 2.18. The van der Waals surface area contributed by atoms with Crippen molar-refractivity contribution in [2.75, 3.05) is 19.7 Å². The second-order valence-electron chi connectivity index (χ2n) is 5.52. The highest BCUT2D eigenvalue weighted by atomic mass is 16.3. The normalized spacial score (nSPS) is 16.3. The van der Waals surface area contributed by atoms with Gasteiger partial charge in [-0.15, -0.1) is 0 Å². The molecule has 1 amide bonds. The second kappa shape index (κ2) is 5.69. The molecule has 0 radical (unpaired) electrons. The monoisotopic (exact) mass is 286 g/mol. The first-order chi connectivity index (χ1) is 10.2. The lowest BCUT2D eigenvalue weighted by molar-refractivity contribution is 0.0645. The summed E-state index contributed by atoms with van der Waals surface area (Å²) in [4.78, 5) is 28.9. The number of nitrogens with one attached hydrogen (secondary N) is 1. The zero-order valence-electron chi connectivity index (χ0n) is 11.7. The lowest BCUT2D eigenvalue weighted by Crippen LogP contribution is -2.40. The Bertz CT molecular complexity index is 715. The molecule has 5 nitrogen and oxygen atoms in total. The highest BCUT2D eigenvalue weighted by Gasteiger charge is 2.23. The number of pyridine rings is 1. The highest BCUT2D eigenvalue weighted by molar-refractivity contribution is 5.96. The molecule has 0 bridgehead atoms. The van der Waals surface area contributed by atoms with Gasteiger partial charge < -0.3 is 15.0 Å². The van der Waals surface area contributed by atoms with E-state index in [1.807, 2.05) is 12.1 Å². The molecule has 0 atom stereocenters. The van der Waals surface area contributed by atoms with Gasteiger partial charge in [0.15, 0.2) is 0 Å². The first-order valence-corrected chi connectivity index (χ1v) is 7.21. The molecule has 1 aliphatic rings. The van der Waals surface area contributed by atoms with E-state index in [1.54, 1.807) is 23.1 Å². The average Bonchev–Trinajstić information content (AvgIpc) is 2.54. The molecule has 2 N–H and O–H groups in total. The van der Waals surface area contributed by atoms with E-state index >= 15 is 0 Å². The molecule has 1 fully saturated rings. The number of H-pyrrole nitrogens is 1. The Morgan fingerprint density at radius 3 is 2.71 bits per heavy atom. The van der Waals surface area contributed by atoms with Crippen LogP contribution in [0.3, 0.4) is 0 Å². The Morgan fingerprint density at radius 2 is 2.00 bits per heavy atom. The van der Waals surface area contributed by atoms with Crippen LogP contribution in [-0.4, -0.2) is 40.6 Å². The quantitative estimate of drug-likeness (QED) is 0.875. The zero-order chi connectivity index (χ0) is 14.8. The van der Waals surface area contributed by atoms with Crippen molar-refractivity contribution in [1.82, 2.24) is 9.88 Å². The number of rotatable bonds is 2. The first-order valence-electron chi connectivity index (χ1n) is 7.21. The number of carbonyl (C=O) groups is 1. The van der Waals surface area contributed by atoms with Crippen LogP contribution in [0.1, 0.15) is 23.3 Å². The van der Waals surface area contributed by atoms with Crippen molar-refractivity contribution >= 4 is 16.7 Å². The summed E-state index contributed by atoms with van der Waals surface area (Å²) in [5.41, 5.74) is 0.0999. The van der Waals surface area contributed by atoms with Crippen molar-refractivity contribution in [3.8, 4) is 0 Å². The molecule has 1 aromatic carbocycles. The van der Waals surface area contributed by atoms with Crippen molar-refractivity contribution in [2.24, 2.45) is 5.92 Å². The molecular formula is C16H18N2O3. The van der Waals surface area contributed by atoms with E-state index in [2.05, 4.69) is 4.98 Å². The first kappa shape index (κ1) is 13.8. The number of hydrogen-bond acceptors (Lipinski definition) is 3. The summed E-state index contributed by atoms with van der Waals surface area (Å²) in [5.74, 6) is 0.138. The number of aromatic nitrogens is 1. The van der Waals surface area contributed by atoms with Crippen LogP contribution in [0.15, 0.2) is 35.1 Å². The standard InChI is InChI=1S/C16H18N2O3/c19-10-11-5-7-18(8-6-11)16(21)14-9-12-3-1-2-4-13(12)15(20)17-14/h1-4,9,11,19H,5-8,10H2,(H,17,20). The van der Waals surface area contributed by atoms with Crippen LogP contribution in [0.4, 0.5) is 0 Å². The van der Waals surface area contributed by atoms with Crippen molar-refractivity contribution in [3.63, 3.8) is 0 Å². The van der Waals surface area contributed by atoms with Gasteiger partial charge in [-0.3, -0.25) is 9.59 Å². The Morgan fingerprint density at radius 1 is 1.29 bits per heavy atom.